The number of rotatable bonds is 6. The van der Waals surface area contributed by atoms with Crippen molar-refractivity contribution in [3.8, 4) is 0 Å². The lowest BCUT2D eigenvalue weighted by atomic mass is 10.1. The number of nitrogens with zero attached hydrogens (tertiary/aromatic N) is 2. The van der Waals surface area contributed by atoms with E-state index in [1.165, 1.54) is 0 Å². The monoisotopic (exact) mass is 372 g/mol. The zero-order valence-electron chi connectivity index (χ0n) is 14.9. The number of nitrogens with two attached hydrogens (primary N) is 2. The number of amides is 2. The molecule has 0 aromatic carbocycles. The zero-order valence-corrected chi connectivity index (χ0v) is 15.6. The van der Waals surface area contributed by atoms with Crippen LogP contribution < -0.4 is 22.1 Å². The predicted molar refractivity (Wildman–Crippen MR) is 96.3 cm³/mol. The Morgan fingerprint density at radius 1 is 1.24 bits per heavy atom. The van der Waals surface area contributed by atoms with E-state index >= 15 is 0 Å². The van der Waals surface area contributed by atoms with E-state index in [-0.39, 0.29) is 35.1 Å². The van der Waals surface area contributed by atoms with Crippen LogP contribution in [0.2, 0.25) is 5.15 Å². The van der Waals surface area contributed by atoms with Crippen LogP contribution in [0.3, 0.4) is 0 Å². The molecule has 0 radical (unpaired) electrons. The van der Waals surface area contributed by atoms with Gasteiger partial charge in [0.05, 0.1) is 0 Å². The molecule has 1 heterocycles. The quantitative estimate of drug-likeness (QED) is 0.594. The summed E-state index contributed by atoms with van der Waals surface area (Å²) in [5, 5.41) is 5.27. The number of nitrogen functional groups attached to an aromatic ring is 2. The lowest BCUT2D eigenvalue weighted by Crippen LogP contribution is -2.45. The first-order valence-corrected chi connectivity index (χ1v) is 8.27. The van der Waals surface area contributed by atoms with Gasteiger partial charge < -0.3 is 26.8 Å². The Hall–Kier alpha value is -2.29. The molecule has 0 bridgehead atoms. The first-order chi connectivity index (χ1) is 11.5. The fourth-order valence-corrected chi connectivity index (χ4v) is 2.08. The van der Waals surface area contributed by atoms with Gasteiger partial charge in [-0.25, -0.2) is 14.8 Å². The maximum absolute atomic E-state index is 12.2. The Morgan fingerprint density at radius 3 is 2.44 bits per heavy atom. The Balaban J connectivity index is 2.69. The van der Waals surface area contributed by atoms with Gasteiger partial charge in [-0.15, -0.1) is 0 Å². The summed E-state index contributed by atoms with van der Waals surface area (Å²) in [5.41, 5.74) is 10.4. The van der Waals surface area contributed by atoms with Gasteiger partial charge in [-0.2, -0.15) is 0 Å². The predicted octanol–water partition coefficient (Wildman–Crippen LogP) is 1.72. The molecule has 0 unspecified atom stereocenters. The van der Waals surface area contributed by atoms with Gasteiger partial charge in [-0.1, -0.05) is 24.9 Å². The number of hydrogen-bond donors (Lipinski definition) is 4. The molecule has 10 heteroatoms. The Kier molecular flexibility index (Phi) is 7.22. The third kappa shape index (κ3) is 7.00. The second-order valence-corrected chi connectivity index (χ2v) is 6.83. The second kappa shape index (κ2) is 8.70. The summed E-state index contributed by atoms with van der Waals surface area (Å²) in [4.78, 5) is 31.7. The molecule has 140 valence electrons. The van der Waals surface area contributed by atoms with Gasteiger partial charge in [0.15, 0.2) is 22.5 Å². The summed E-state index contributed by atoms with van der Waals surface area (Å²) in [6.07, 6.45) is 0.921. The molecule has 0 fully saturated rings. The van der Waals surface area contributed by atoms with Gasteiger partial charge in [0.1, 0.15) is 5.60 Å². The summed E-state index contributed by atoms with van der Waals surface area (Å²) in [6.45, 7) is 7.46. The van der Waals surface area contributed by atoms with Crippen LogP contribution in [0, 0.1) is 0 Å². The van der Waals surface area contributed by atoms with E-state index in [2.05, 4.69) is 20.6 Å². The summed E-state index contributed by atoms with van der Waals surface area (Å²) < 4.78 is 5.22. The van der Waals surface area contributed by atoms with Crippen LogP contribution in [-0.4, -0.2) is 40.2 Å². The van der Waals surface area contributed by atoms with E-state index in [9.17, 15) is 9.59 Å². The van der Waals surface area contributed by atoms with Crippen molar-refractivity contribution in [3.05, 3.63) is 10.8 Å². The van der Waals surface area contributed by atoms with E-state index in [0.717, 1.165) is 6.42 Å². The first-order valence-electron chi connectivity index (χ1n) is 7.89. The van der Waals surface area contributed by atoms with Crippen molar-refractivity contribution in [3.63, 3.8) is 0 Å². The van der Waals surface area contributed by atoms with Crippen molar-refractivity contribution in [1.29, 1.82) is 0 Å². The normalized spacial score (nSPS) is 12.4. The van der Waals surface area contributed by atoms with Crippen LogP contribution in [0.1, 0.15) is 51.0 Å². The minimum Gasteiger partial charge on any atom is -0.444 e. The molecule has 2 amide bonds. The number of nitrogens with one attached hydrogen (secondary N) is 2. The highest BCUT2D eigenvalue weighted by Gasteiger charge is 2.21. The number of carbonyl (C=O) groups excluding carboxylic acids is 2. The van der Waals surface area contributed by atoms with E-state index in [1.807, 2.05) is 6.92 Å². The number of halogens is 1. The molecule has 0 saturated carbocycles. The minimum absolute atomic E-state index is 0.0498. The molecule has 9 nitrogen and oxygen atoms in total. The first kappa shape index (κ1) is 20.8. The number of ether oxygens (including phenoxy) is 1. The zero-order chi connectivity index (χ0) is 19.2. The molecular weight excluding hydrogens is 348 g/mol. The highest BCUT2D eigenvalue weighted by molar-refractivity contribution is 6.31. The number of carbonyl (C=O) groups is 2. The van der Waals surface area contributed by atoms with E-state index in [0.29, 0.717) is 6.42 Å². The smallest absolute Gasteiger partial charge is 0.407 e. The van der Waals surface area contributed by atoms with Crippen molar-refractivity contribution in [2.75, 3.05) is 18.0 Å². The van der Waals surface area contributed by atoms with E-state index in [4.69, 9.17) is 27.8 Å². The second-order valence-electron chi connectivity index (χ2n) is 6.48. The van der Waals surface area contributed by atoms with Crippen LogP contribution in [-0.2, 0) is 4.74 Å². The number of aromatic nitrogens is 2. The molecule has 1 atom stereocenters. The van der Waals surface area contributed by atoms with Crippen LogP contribution in [0.25, 0.3) is 0 Å². The van der Waals surface area contributed by atoms with Gasteiger partial charge in [-0.05, 0) is 27.2 Å². The Morgan fingerprint density at radius 2 is 1.88 bits per heavy atom. The van der Waals surface area contributed by atoms with Gasteiger partial charge in [0.2, 0.25) is 0 Å². The van der Waals surface area contributed by atoms with Gasteiger partial charge in [0, 0.05) is 12.6 Å². The third-order valence-corrected chi connectivity index (χ3v) is 3.27. The maximum Gasteiger partial charge on any atom is 0.407 e. The van der Waals surface area contributed by atoms with Crippen molar-refractivity contribution in [2.24, 2.45) is 0 Å². The average molecular weight is 373 g/mol. The highest BCUT2D eigenvalue weighted by Crippen LogP contribution is 2.17. The molecule has 25 heavy (non-hydrogen) atoms. The van der Waals surface area contributed by atoms with E-state index < -0.39 is 17.6 Å². The molecule has 1 aromatic rings. The van der Waals surface area contributed by atoms with Crippen LogP contribution in [0.5, 0.6) is 0 Å². The molecule has 0 aliphatic rings. The van der Waals surface area contributed by atoms with E-state index in [1.54, 1.807) is 20.8 Å². The van der Waals surface area contributed by atoms with Crippen LogP contribution in [0.4, 0.5) is 16.4 Å². The summed E-state index contributed by atoms with van der Waals surface area (Å²) in [7, 11) is 0. The van der Waals surface area contributed by atoms with Crippen molar-refractivity contribution in [1.82, 2.24) is 20.6 Å². The van der Waals surface area contributed by atoms with Crippen molar-refractivity contribution < 1.29 is 14.3 Å². The van der Waals surface area contributed by atoms with Crippen LogP contribution >= 0.6 is 11.6 Å². The minimum atomic E-state index is -0.602. The molecule has 0 saturated heterocycles. The van der Waals surface area contributed by atoms with Crippen molar-refractivity contribution >= 4 is 35.2 Å². The third-order valence-electron chi connectivity index (χ3n) is 2.99. The maximum atomic E-state index is 12.2. The molecular formula is C15H25ClN6O3. The largest absolute Gasteiger partial charge is 0.444 e. The topological polar surface area (TPSA) is 145 Å². The summed E-state index contributed by atoms with van der Waals surface area (Å²) in [6, 6.07) is -0.303. The Labute approximate surface area is 151 Å². The molecule has 6 N–H and O–H groups in total. The Bertz CT molecular complexity index is 632. The van der Waals surface area contributed by atoms with Crippen molar-refractivity contribution in [2.45, 2.75) is 52.2 Å². The lowest BCUT2D eigenvalue weighted by molar-refractivity contribution is 0.0499. The molecule has 0 aliphatic heterocycles. The lowest BCUT2D eigenvalue weighted by Gasteiger charge is -2.23. The summed E-state index contributed by atoms with van der Waals surface area (Å²) in [5.74, 6) is -0.725. The average Bonchev–Trinajstić information content (AvgIpc) is 2.46. The number of hydrogen-bond acceptors (Lipinski definition) is 7. The fraction of sp³-hybridized carbons (Fsp3) is 0.600. The standard InChI is InChI=1S/C15H25ClN6O3/c1-5-6-8(20-14(24)25-15(2,3)4)7-19-13(23)9-11(17)22-12(18)10(16)21-9/h8H,5-7H2,1-4H3,(H,19,23)(H,20,24)(H4,17,18,22)/t8-/m0/s1. The van der Waals surface area contributed by atoms with Crippen LogP contribution in [0.15, 0.2) is 0 Å². The highest BCUT2D eigenvalue weighted by atomic mass is 35.5. The number of alkyl carbamates (subject to hydrolysis) is 1. The number of anilines is 2. The van der Waals surface area contributed by atoms with Gasteiger partial charge in [-0.3, -0.25) is 4.79 Å². The SMILES string of the molecule is CCC[C@@H](CNC(=O)c1nc(Cl)c(N)nc1N)NC(=O)OC(C)(C)C. The van der Waals surface area contributed by atoms with Gasteiger partial charge in [0.25, 0.3) is 5.91 Å². The molecule has 1 rings (SSSR count). The van der Waals surface area contributed by atoms with Gasteiger partial charge >= 0.3 is 6.09 Å². The summed E-state index contributed by atoms with van der Waals surface area (Å²) >= 11 is 5.76. The molecule has 0 spiro atoms. The molecule has 1 aromatic heterocycles. The fourth-order valence-electron chi connectivity index (χ4n) is 1.96. The molecule has 0 aliphatic carbocycles.